The summed E-state index contributed by atoms with van der Waals surface area (Å²) >= 11 is 0. The predicted molar refractivity (Wildman–Crippen MR) is 67.3 cm³/mol. The molecule has 4 nitrogen and oxygen atoms in total. The summed E-state index contributed by atoms with van der Waals surface area (Å²) in [5.41, 5.74) is 0.933. The van der Waals surface area contributed by atoms with Gasteiger partial charge in [-0.15, -0.1) is 0 Å². The Balaban J connectivity index is 2.02. The van der Waals surface area contributed by atoms with Crippen LogP contribution < -0.4 is 5.32 Å². The van der Waals surface area contributed by atoms with Gasteiger partial charge in [-0.1, -0.05) is 12.1 Å². The lowest BCUT2D eigenvalue weighted by Gasteiger charge is -2.13. The molecule has 0 aliphatic rings. The van der Waals surface area contributed by atoms with Gasteiger partial charge < -0.3 is 14.8 Å². The van der Waals surface area contributed by atoms with E-state index in [1.54, 1.807) is 12.1 Å². The molecule has 100 valence electrons. The number of carboxylic acid groups (broad SMARTS) is 1. The number of carboxylic acids is 1. The lowest BCUT2D eigenvalue weighted by Crippen LogP contribution is -2.19. The maximum Gasteiger partial charge on any atom is 0.339 e. The molecule has 2 N–H and O–H groups in total. The topological polar surface area (TPSA) is 62.5 Å². The molecule has 0 aliphatic heterocycles. The molecule has 2 rings (SSSR count). The Bertz CT molecular complexity index is 580. The Morgan fingerprint density at radius 1 is 1.47 bits per heavy atom. The highest BCUT2D eigenvalue weighted by molar-refractivity contribution is 5.88. The van der Waals surface area contributed by atoms with Crippen molar-refractivity contribution in [2.24, 2.45) is 0 Å². The Labute approximate surface area is 109 Å². The third kappa shape index (κ3) is 3.20. The van der Waals surface area contributed by atoms with E-state index in [1.807, 2.05) is 6.92 Å². The first-order chi connectivity index (χ1) is 9.08. The molecule has 0 bridgehead atoms. The molecule has 19 heavy (non-hydrogen) atoms. The van der Waals surface area contributed by atoms with Gasteiger partial charge >= 0.3 is 5.97 Å². The van der Waals surface area contributed by atoms with E-state index in [0.717, 1.165) is 5.56 Å². The summed E-state index contributed by atoms with van der Waals surface area (Å²) in [5.74, 6) is -0.963. The number of hydrogen-bond acceptors (Lipinski definition) is 3. The van der Waals surface area contributed by atoms with Gasteiger partial charge in [0.15, 0.2) is 0 Å². The number of rotatable bonds is 5. The second kappa shape index (κ2) is 5.67. The van der Waals surface area contributed by atoms with E-state index in [2.05, 4.69) is 5.32 Å². The monoisotopic (exact) mass is 263 g/mol. The van der Waals surface area contributed by atoms with Crippen LogP contribution >= 0.6 is 0 Å². The fraction of sp³-hybridized carbons (Fsp3) is 0.214. The van der Waals surface area contributed by atoms with Gasteiger partial charge in [0.1, 0.15) is 17.1 Å². The number of halogens is 1. The van der Waals surface area contributed by atoms with Crippen molar-refractivity contribution >= 4 is 5.97 Å². The maximum absolute atomic E-state index is 13.1. The molecule has 1 aromatic carbocycles. The highest BCUT2D eigenvalue weighted by atomic mass is 19.1. The quantitative estimate of drug-likeness (QED) is 0.870. The smallest absolute Gasteiger partial charge is 0.339 e. The average molecular weight is 263 g/mol. The van der Waals surface area contributed by atoms with Crippen molar-refractivity contribution in [2.45, 2.75) is 19.5 Å². The van der Waals surface area contributed by atoms with Gasteiger partial charge in [0.05, 0.1) is 12.8 Å². The molecule has 1 heterocycles. The van der Waals surface area contributed by atoms with Gasteiger partial charge in [-0.05, 0) is 30.7 Å². The van der Waals surface area contributed by atoms with Crippen LogP contribution in [0.5, 0.6) is 0 Å². The molecule has 5 heteroatoms. The summed E-state index contributed by atoms with van der Waals surface area (Å²) in [6.07, 6.45) is 1.34. The summed E-state index contributed by atoms with van der Waals surface area (Å²) in [4.78, 5) is 10.9. The first kappa shape index (κ1) is 13.3. The van der Waals surface area contributed by atoms with Crippen molar-refractivity contribution in [3.63, 3.8) is 0 Å². The molecule has 0 saturated carbocycles. The normalized spacial score (nSPS) is 12.3. The molecule has 0 aliphatic carbocycles. The van der Waals surface area contributed by atoms with E-state index in [1.165, 1.54) is 24.5 Å². The SMILES string of the molecule is CC(NCc1occc1C(=O)O)c1cccc(F)c1. The zero-order chi connectivity index (χ0) is 13.8. The van der Waals surface area contributed by atoms with Gasteiger partial charge in [0, 0.05) is 6.04 Å². The molecule has 0 amide bonds. The van der Waals surface area contributed by atoms with Crippen LogP contribution in [0.1, 0.15) is 34.6 Å². The van der Waals surface area contributed by atoms with Crippen molar-refractivity contribution in [1.29, 1.82) is 0 Å². The summed E-state index contributed by atoms with van der Waals surface area (Å²) < 4.78 is 18.2. The molecule has 1 aromatic heterocycles. The minimum atomic E-state index is -1.02. The van der Waals surface area contributed by atoms with E-state index in [-0.39, 0.29) is 24.0 Å². The van der Waals surface area contributed by atoms with Crippen LogP contribution in [0, 0.1) is 5.82 Å². The summed E-state index contributed by atoms with van der Waals surface area (Å²) in [5, 5.41) is 12.0. The van der Waals surface area contributed by atoms with Crippen LogP contribution in [-0.2, 0) is 6.54 Å². The van der Waals surface area contributed by atoms with Crippen molar-refractivity contribution in [1.82, 2.24) is 5.32 Å². The zero-order valence-electron chi connectivity index (χ0n) is 10.4. The lowest BCUT2D eigenvalue weighted by atomic mass is 10.1. The molecule has 0 radical (unpaired) electrons. The molecule has 2 aromatic rings. The highest BCUT2D eigenvalue weighted by Gasteiger charge is 2.14. The number of nitrogens with one attached hydrogen (secondary N) is 1. The van der Waals surface area contributed by atoms with Gasteiger partial charge in [-0.2, -0.15) is 0 Å². The largest absolute Gasteiger partial charge is 0.478 e. The Morgan fingerprint density at radius 2 is 2.26 bits per heavy atom. The molecule has 1 unspecified atom stereocenters. The Kier molecular flexibility index (Phi) is 3.97. The third-order valence-electron chi connectivity index (χ3n) is 2.89. The van der Waals surface area contributed by atoms with E-state index in [4.69, 9.17) is 9.52 Å². The van der Waals surface area contributed by atoms with Crippen LogP contribution in [0.4, 0.5) is 4.39 Å². The minimum absolute atomic E-state index is 0.109. The second-order valence-electron chi connectivity index (χ2n) is 4.22. The average Bonchev–Trinajstić information content (AvgIpc) is 2.84. The Hall–Kier alpha value is -2.14. The molecule has 0 spiro atoms. The fourth-order valence-corrected chi connectivity index (χ4v) is 1.81. The van der Waals surface area contributed by atoms with Crippen LogP contribution in [-0.4, -0.2) is 11.1 Å². The standard InChI is InChI=1S/C14H14FNO3/c1-9(10-3-2-4-11(15)7-10)16-8-13-12(14(17)18)5-6-19-13/h2-7,9,16H,8H2,1H3,(H,17,18). The van der Waals surface area contributed by atoms with E-state index >= 15 is 0 Å². The third-order valence-corrected chi connectivity index (χ3v) is 2.89. The molecular weight excluding hydrogens is 249 g/mol. The first-order valence-electron chi connectivity index (χ1n) is 5.86. The first-order valence-corrected chi connectivity index (χ1v) is 5.86. The summed E-state index contributed by atoms with van der Waals surface area (Å²) in [6, 6.07) is 7.57. The number of benzene rings is 1. The second-order valence-corrected chi connectivity index (χ2v) is 4.22. The van der Waals surface area contributed by atoms with Crippen molar-refractivity contribution in [3.05, 3.63) is 59.3 Å². The number of furan rings is 1. The number of hydrogen-bond donors (Lipinski definition) is 2. The van der Waals surface area contributed by atoms with Crippen molar-refractivity contribution < 1.29 is 18.7 Å². The van der Waals surface area contributed by atoms with E-state index < -0.39 is 5.97 Å². The lowest BCUT2D eigenvalue weighted by molar-refractivity contribution is 0.0694. The van der Waals surface area contributed by atoms with Gasteiger partial charge in [-0.3, -0.25) is 0 Å². The van der Waals surface area contributed by atoms with Gasteiger partial charge in [0.25, 0.3) is 0 Å². The van der Waals surface area contributed by atoms with Crippen molar-refractivity contribution in [2.75, 3.05) is 0 Å². The van der Waals surface area contributed by atoms with E-state index in [0.29, 0.717) is 5.76 Å². The molecule has 0 fully saturated rings. The minimum Gasteiger partial charge on any atom is -0.478 e. The molecule has 1 atom stereocenters. The van der Waals surface area contributed by atoms with Crippen LogP contribution in [0.25, 0.3) is 0 Å². The summed E-state index contributed by atoms with van der Waals surface area (Å²) in [6.45, 7) is 2.14. The zero-order valence-corrected chi connectivity index (χ0v) is 10.4. The van der Waals surface area contributed by atoms with Gasteiger partial charge in [-0.25, -0.2) is 9.18 Å². The highest BCUT2D eigenvalue weighted by Crippen LogP contribution is 2.16. The Morgan fingerprint density at radius 3 is 2.95 bits per heavy atom. The maximum atomic E-state index is 13.1. The predicted octanol–water partition coefficient (Wildman–Crippen LogP) is 2.97. The molecule has 0 saturated heterocycles. The van der Waals surface area contributed by atoms with Crippen LogP contribution in [0.15, 0.2) is 41.0 Å². The summed E-state index contributed by atoms with van der Waals surface area (Å²) in [7, 11) is 0. The van der Waals surface area contributed by atoms with Crippen LogP contribution in [0.2, 0.25) is 0 Å². The number of carbonyl (C=O) groups is 1. The molecular formula is C14H14FNO3. The van der Waals surface area contributed by atoms with Crippen LogP contribution in [0.3, 0.4) is 0 Å². The van der Waals surface area contributed by atoms with E-state index in [9.17, 15) is 9.18 Å². The van der Waals surface area contributed by atoms with Crippen molar-refractivity contribution in [3.8, 4) is 0 Å². The number of aromatic carboxylic acids is 1. The van der Waals surface area contributed by atoms with Gasteiger partial charge in [0.2, 0.25) is 0 Å². The fourth-order valence-electron chi connectivity index (χ4n) is 1.81.